The van der Waals surface area contributed by atoms with Crippen LogP contribution in [0.25, 0.3) is 10.9 Å². The SMILES string of the molecule is O=S1(=O)CCCC(Nc2cccc3[nH]ncc23)C1. The number of fused-ring (bicyclic) bond motifs is 1. The van der Waals surface area contributed by atoms with E-state index in [2.05, 4.69) is 15.5 Å². The van der Waals surface area contributed by atoms with E-state index in [-0.39, 0.29) is 11.8 Å². The molecule has 0 spiro atoms. The fraction of sp³-hybridized carbons (Fsp3) is 0.417. The van der Waals surface area contributed by atoms with Crippen LogP contribution >= 0.6 is 0 Å². The quantitative estimate of drug-likeness (QED) is 0.864. The topological polar surface area (TPSA) is 74.8 Å². The van der Waals surface area contributed by atoms with Crippen LogP contribution in [-0.2, 0) is 9.84 Å². The number of nitrogens with zero attached hydrogens (tertiary/aromatic N) is 1. The normalized spacial score (nSPS) is 23.0. The van der Waals surface area contributed by atoms with E-state index in [9.17, 15) is 8.42 Å². The Bertz CT molecular complexity index is 663. The molecule has 1 atom stereocenters. The van der Waals surface area contributed by atoms with Crippen molar-refractivity contribution in [1.82, 2.24) is 10.2 Å². The molecule has 1 saturated heterocycles. The first-order chi connectivity index (χ1) is 8.64. The zero-order valence-corrected chi connectivity index (χ0v) is 10.7. The highest BCUT2D eigenvalue weighted by Crippen LogP contribution is 2.24. The number of anilines is 1. The van der Waals surface area contributed by atoms with Gasteiger partial charge in [-0.2, -0.15) is 5.10 Å². The average Bonchev–Trinajstić information content (AvgIpc) is 2.77. The van der Waals surface area contributed by atoms with Gasteiger partial charge in [-0.3, -0.25) is 5.10 Å². The zero-order chi connectivity index (χ0) is 12.6. The third-order valence-corrected chi connectivity index (χ3v) is 5.13. The van der Waals surface area contributed by atoms with Gasteiger partial charge in [-0.05, 0) is 25.0 Å². The molecule has 0 saturated carbocycles. The number of H-pyrrole nitrogens is 1. The average molecular weight is 265 g/mol. The molecule has 2 N–H and O–H groups in total. The number of hydrogen-bond donors (Lipinski definition) is 2. The monoisotopic (exact) mass is 265 g/mol. The molecule has 0 amide bonds. The molecule has 1 aliphatic rings. The third-order valence-electron chi connectivity index (χ3n) is 3.31. The van der Waals surface area contributed by atoms with E-state index in [1.54, 1.807) is 6.20 Å². The van der Waals surface area contributed by atoms with Crippen LogP contribution in [-0.4, -0.2) is 36.2 Å². The van der Waals surface area contributed by atoms with Crippen LogP contribution in [0.1, 0.15) is 12.8 Å². The molecule has 5 nitrogen and oxygen atoms in total. The van der Waals surface area contributed by atoms with Crippen molar-refractivity contribution in [2.45, 2.75) is 18.9 Å². The molecule has 2 heterocycles. The summed E-state index contributed by atoms with van der Waals surface area (Å²) in [7, 11) is -2.88. The van der Waals surface area contributed by atoms with Gasteiger partial charge in [0.2, 0.25) is 0 Å². The van der Waals surface area contributed by atoms with Gasteiger partial charge in [-0.25, -0.2) is 8.42 Å². The lowest BCUT2D eigenvalue weighted by Crippen LogP contribution is -2.34. The summed E-state index contributed by atoms with van der Waals surface area (Å²) in [6.07, 6.45) is 3.39. The Balaban J connectivity index is 1.86. The van der Waals surface area contributed by atoms with E-state index in [1.165, 1.54) is 0 Å². The van der Waals surface area contributed by atoms with Crippen molar-refractivity contribution in [3.05, 3.63) is 24.4 Å². The van der Waals surface area contributed by atoms with Crippen LogP contribution < -0.4 is 5.32 Å². The predicted octanol–water partition coefficient (Wildman–Crippen LogP) is 1.55. The molecule has 1 aliphatic heterocycles. The minimum atomic E-state index is -2.88. The summed E-state index contributed by atoms with van der Waals surface area (Å²) < 4.78 is 23.2. The van der Waals surface area contributed by atoms with Gasteiger partial charge in [-0.1, -0.05) is 6.07 Å². The molecule has 2 aromatic rings. The number of sulfone groups is 1. The molecule has 96 valence electrons. The lowest BCUT2D eigenvalue weighted by molar-refractivity contribution is 0.562. The van der Waals surface area contributed by atoms with Crippen molar-refractivity contribution in [2.24, 2.45) is 0 Å². The number of nitrogens with one attached hydrogen (secondary N) is 2. The first kappa shape index (κ1) is 11.5. The second-order valence-corrected chi connectivity index (χ2v) is 6.96. The lowest BCUT2D eigenvalue weighted by Gasteiger charge is -2.24. The van der Waals surface area contributed by atoms with Crippen LogP contribution in [0.15, 0.2) is 24.4 Å². The summed E-state index contributed by atoms with van der Waals surface area (Å²) in [5.74, 6) is 0.544. The van der Waals surface area contributed by atoms with Crippen molar-refractivity contribution < 1.29 is 8.42 Å². The van der Waals surface area contributed by atoms with E-state index in [0.717, 1.165) is 29.4 Å². The number of aromatic nitrogens is 2. The summed E-state index contributed by atoms with van der Waals surface area (Å²) in [6.45, 7) is 0. The predicted molar refractivity (Wildman–Crippen MR) is 71.4 cm³/mol. The highest BCUT2D eigenvalue weighted by molar-refractivity contribution is 7.91. The van der Waals surface area contributed by atoms with E-state index < -0.39 is 9.84 Å². The van der Waals surface area contributed by atoms with Crippen LogP contribution in [0.3, 0.4) is 0 Å². The third kappa shape index (κ3) is 2.20. The fourth-order valence-corrected chi connectivity index (χ4v) is 4.09. The molecule has 0 radical (unpaired) electrons. The van der Waals surface area contributed by atoms with Gasteiger partial charge in [0.15, 0.2) is 9.84 Å². The van der Waals surface area contributed by atoms with Crippen molar-refractivity contribution >= 4 is 26.4 Å². The number of benzene rings is 1. The summed E-state index contributed by atoms with van der Waals surface area (Å²) >= 11 is 0. The molecular formula is C12H15N3O2S. The Morgan fingerprint density at radius 2 is 2.28 bits per heavy atom. The highest BCUT2D eigenvalue weighted by atomic mass is 32.2. The number of aromatic amines is 1. The van der Waals surface area contributed by atoms with E-state index >= 15 is 0 Å². The van der Waals surface area contributed by atoms with Crippen molar-refractivity contribution in [3.8, 4) is 0 Å². The van der Waals surface area contributed by atoms with Crippen LogP contribution in [0.4, 0.5) is 5.69 Å². The van der Waals surface area contributed by atoms with Gasteiger partial charge in [0, 0.05) is 17.1 Å². The Kier molecular flexibility index (Phi) is 2.74. The Labute approximate surface area is 106 Å². The van der Waals surface area contributed by atoms with Crippen LogP contribution in [0.2, 0.25) is 0 Å². The summed E-state index contributed by atoms with van der Waals surface area (Å²) in [4.78, 5) is 0. The smallest absolute Gasteiger partial charge is 0.152 e. The van der Waals surface area contributed by atoms with Crippen molar-refractivity contribution in [3.63, 3.8) is 0 Å². The molecule has 6 heteroatoms. The maximum Gasteiger partial charge on any atom is 0.152 e. The van der Waals surface area contributed by atoms with Crippen molar-refractivity contribution in [2.75, 3.05) is 16.8 Å². The highest BCUT2D eigenvalue weighted by Gasteiger charge is 2.24. The Morgan fingerprint density at radius 1 is 1.39 bits per heavy atom. The van der Waals surface area contributed by atoms with Gasteiger partial charge < -0.3 is 5.32 Å². The summed E-state index contributed by atoms with van der Waals surface area (Å²) in [5.41, 5.74) is 1.90. The van der Waals surface area contributed by atoms with Crippen molar-refractivity contribution in [1.29, 1.82) is 0 Å². The van der Waals surface area contributed by atoms with E-state index in [4.69, 9.17) is 0 Å². The Hall–Kier alpha value is -1.56. The summed E-state index contributed by atoms with van der Waals surface area (Å²) in [6, 6.07) is 5.84. The second-order valence-electron chi connectivity index (χ2n) is 4.73. The molecule has 1 aromatic carbocycles. The molecule has 0 bridgehead atoms. The van der Waals surface area contributed by atoms with E-state index in [0.29, 0.717) is 5.75 Å². The van der Waals surface area contributed by atoms with Crippen LogP contribution in [0.5, 0.6) is 0 Å². The minimum Gasteiger partial charge on any atom is -0.381 e. The molecular weight excluding hydrogens is 250 g/mol. The fourth-order valence-electron chi connectivity index (χ4n) is 2.45. The zero-order valence-electron chi connectivity index (χ0n) is 9.89. The maximum atomic E-state index is 11.6. The number of hydrogen-bond acceptors (Lipinski definition) is 4. The number of rotatable bonds is 2. The first-order valence-corrected chi connectivity index (χ1v) is 7.85. The first-order valence-electron chi connectivity index (χ1n) is 6.03. The molecule has 1 unspecified atom stereocenters. The summed E-state index contributed by atoms with van der Waals surface area (Å²) in [5, 5.41) is 11.2. The van der Waals surface area contributed by atoms with Gasteiger partial charge in [0.1, 0.15) is 0 Å². The molecule has 1 aromatic heterocycles. The van der Waals surface area contributed by atoms with Crippen LogP contribution in [0, 0.1) is 0 Å². The lowest BCUT2D eigenvalue weighted by atomic mass is 10.1. The van der Waals surface area contributed by atoms with E-state index in [1.807, 2.05) is 18.2 Å². The Morgan fingerprint density at radius 3 is 3.11 bits per heavy atom. The minimum absolute atomic E-state index is 0.00394. The maximum absolute atomic E-state index is 11.6. The standard InChI is InChI=1S/C12H15N3O2S/c16-18(17)6-2-3-9(8-18)14-11-4-1-5-12-10(11)7-13-15-12/h1,4-5,7,9,14H,2-3,6,8H2,(H,13,15). The molecule has 0 aliphatic carbocycles. The molecule has 3 rings (SSSR count). The second kappa shape index (κ2) is 4.28. The molecule has 1 fully saturated rings. The largest absolute Gasteiger partial charge is 0.381 e. The van der Waals surface area contributed by atoms with Gasteiger partial charge in [-0.15, -0.1) is 0 Å². The van der Waals surface area contributed by atoms with Gasteiger partial charge in [0.25, 0.3) is 0 Å². The van der Waals surface area contributed by atoms with Gasteiger partial charge >= 0.3 is 0 Å². The molecule has 18 heavy (non-hydrogen) atoms. The van der Waals surface area contributed by atoms with Gasteiger partial charge in [0.05, 0.1) is 23.2 Å².